The average Bonchev–Trinajstić information content (AvgIpc) is 3.67. The molecular weight excluding hydrogens is 589 g/mol. The minimum atomic E-state index is -0.126. The third kappa shape index (κ3) is 5.47. The summed E-state index contributed by atoms with van der Waals surface area (Å²) in [7, 11) is 0. The van der Waals surface area contributed by atoms with Gasteiger partial charge in [0.05, 0.1) is 28.1 Å². The highest BCUT2D eigenvalue weighted by Gasteiger charge is 2.36. The van der Waals surface area contributed by atoms with Gasteiger partial charge in [-0.2, -0.15) is 5.10 Å². The van der Waals surface area contributed by atoms with Crippen molar-refractivity contribution in [1.82, 2.24) is 19.3 Å². The van der Waals surface area contributed by atoms with Crippen LogP contribution in [-0.4, -0.2) is 19.3 Å². The molecule has 0 N–H and O–H groups in total. The van der Waals surface area contributed by atoms with Gasteiger partial charge in [0.25, 0.3) is 0 Å². The maximum Gasteiger partial charge on any atom is 0.137 e. The van der Waals surface area contributed by atoms with E-state index in [2.05, 4.69) is 155 Å². The molecule has 0 spiro atoms. The minimum absolute atomic E-state index is 0.108. The number of ether oxygens (including phenoxy) is 1. The van der Waals surface area contributed by atoms with Crippen LogP contribution in [0.15, 0.2) is 115 Å². The van der Waals surface area contributed by atoms with Crippen LogP contribution in [0, 0.1) is 6.92 Å². The Labute approximate surface area is 283 Å². The first-order chi connectivity index (χ1) is 23.1. The first-order valence-corrected chi connectivity index (χ1v) is 17.0. The van der Waals surface area contributed by atoms with Crippen LogP contribution in [0.1, 0.15) is 71.3 Å². The van der Waals surface area contributed by atoms with Crippen LogP contribution in [0.3, 0.4) is 0 Å². The van der Waals surface area contributed by atoms with E-state index in [-0.39, 0.29) is 10.8 Å². The molecule has 7 aromatic rings. The number of pyridine rings is 1. The minimum Gasteiger partial charge on any atom is -0.457 e. The topological polar surface area (TPSA) is 44.9 Å². The molecule has 0 amide bonds. The highest BCUT2D eigenvalue weighted by molar-refractivity contribution is 6.09. The standard InChI is InChI=1S/C43H44N4O/c1-8-42(4,5)40-39(30-16-11-10-12-17-30)41(43(6,7)9-2)47(45-40)31-18-15-19-32(27-31)48-33-22-23-35-34-20-13-14-21-36(34)46(37(35)28-33)38-26-29(3)24-25-44-38/h10-28H,8-9H2,1-7H3. The Bertz CT molecular complexity index is 2250. The van der Waals surface area contributed by atoms with Crippen molar-refractivity contribution in [3.63, 3.8) is 0 Å². The van der Waals surface area contributed by atoms with Gasteiger partial charge in [0.1, 0.15) is 17.3 Å². The first-order valence-electron chi connectivity index (χ1n) is 17.0. The van der Waals surface area contributed by atoms with E-state index >= 15 is 0 Å². The zero-order valence-electron chi connectivity index (χ0n) is 29.1. The predicted molar refractivity (Wildman–Crippen MR) is 199 cm³/mol. The summed E-state index contributed by atoms with van der Waals surface area (Å²) >= 11 is 0. The van der Waals surface area contributed by atoms with Gasteiger partial charge >= 0.3 is 0 Å². The van der Waals surface area contributed by atoms with E-state index in [1.165, 1.54) is 27.8 Å². The quantitative estimate of drug-likeness (QED) is 0.159. The number of rotatable bonds is 9. The number of benzene rings is 4. The summed E-state index contributed by atoms with van der Waals surface area (Å²) in [4.78, 5) is 4.74. The summed E-state index contributed by atoms with van der Waals surface area (Å²) in [5, 5.41) is 7.78. The Morgan fingerprint density at radius 2 is 1.38 bits per heavy atom. The molecular formula is C43H44N4O. The third-order valence-corrected chi connectivity index (χ3v) is 10.1. The predicted octanol–water partition coefficient (Wildman–Crippen LogP) is 11.5. The van der Waals surface area contributed by atoms with Crippen LogP contribution in [0.4, 0.5) is 0 Å². The number of nitrogens with zero attached hydrogens (tertiary/aromatic N) is 4. The molecule has 0 aliphatic heterocycles. The molecule has 3 heterocycles. The summed E-state index contributed by atoms with van der Waals surface area (Å²) in [5.74, 6) is 2.42. The molecule has 0 radical (unpaired) electrons. The van der Waals surface area contributed by atoms with Gasteiger partial charge in [-0.25, -0.2) is 9.67 Å². The number of aryl methyl sites for hydroxylation is 1. The van der Waals surface area contributed by atoms with Crippen molar-refractivity contribution in [2.75, 3.05) is 0 Å². The molecule has 5 nitrogen and oxygen atoms in total. The molecule has 3 aromatic heterocycles. The molecule has 0 saturated heterocycles. The fourth-order valence-electron chi connectivity index (χ4n) is 6.63. The first kappa shape index (κ1) is 31.4. The van der Waals surface area contributed by atoms with Crippen LogP contribution < -0.4 is 4.74 Å². The van der Waals surface area contributed by atoms with Crippen LogP contribution in [0.25, 0.3) is 44.4 Å². The number of para-hydroxylation sites is 1. The molecule has 0 unspecified atom stereocenters. The molecule has 5 heteroatoms. The van der Waals surface area contributed by atoms with Gasteiger partial charge < -0.3 is 4.74 Å². The number of aromatic nitrogens is 4. The van der Waals surface area contributed by atoms with E-state index in [0.717, 1.165) is 58.0 Å². The lowest BCUT2D eigenvalue weighted by Crippen LogP contribution is -2.22. The lowest BCUT2D eigenvalue weighted by Gasteiger charge is -2.27. The summed E-state index contributed by atoms with van der Waals surface area (Å²) in [5.41, 5.74) is 8.89. The highest BCUT2D eigenvalue weighted by Crippen LogP contribution is 2.44. The number of fused-ring (bicyclic) bond motifs is 3. The number of hydrogen-bond acceptors (Lipinski definition) is 3. The third-order valence-electron chi connectivity index (χ3n) is 10.1. The average molecular weight is 633 g/mol. The van der Waals surface area contributed by atoms with Gasteiger partial charge in [-0.05, 0) is 73.4 Å². The summed E-state index contributed by atoms with van der Waals surface area (Å²) < 4.78 is 11.1. The maximum atomic E-state index is 6.65. The molecule has 4 aromatic carbocycles. The monoisotopic (exact) mass is 632 g/mol. The fourth-order valence-corrected chi connectivity index (χ4v) is 6.63. The zero-order valence-corrected chi connectivity index (χ0v) is 29.1. The Morgan fingerprint density at radius 1 is 0.667 bits per heavy atom. The van der Waals surface area contributed by atoms with Crippen molar-refractivity contribution in [3.8, 4) is 34.1 Å². The zero-order chi connectivity index (χ0) is 33.6. The van der Waals surface area contributed by atoms with Crippen molar-refractivity contribution >= 4 is 21.8 Å². The fraction of sp³-hybridized carbons (Fsp3) is 0.256. The van der Waals surface area contributed by atoms with Crippen molar-refractivity contribution in [2.24, 2.45) is 0 Å². The summed E-state index contributed by atoms with van der Waals surface area (Å²) in [6.45, 7) is 15.9. The highest BCUT2D eigenvalue weighted by atomic mass is 16.5. The van der Waals surface area contributed by atoms with Crippen molar-refractivity contribution in [3.05, 3.63) is 132 Å². The van der Waals surface area contributed by atoms with E-state index in [0.29, 0.717) is 0 Å². The van der Waals surface area contributed by atoms with Crippen LogP contribution in [0.2, 0.25) is 0 Å². The molecule has 0 aliphatic rings. The van der Waals surface area contributed by atoms with Crippen molar-refractivity contribution in [2.45, 2.75) is 72.1 Å². The van der Waals surface area contributed by atoms with Gasteiger partial charge in [-0.1, -0.05) is 96.1 Å². The molecule has 0 fully saturated rings. The maximum absolute atomic E-state index is 6.65. The Hall–Kier alpha value is -5.16. The molecule has 7 rings (SSSR count). The van der Waals surface area contributed by atoms with Gasteiger partial charge in [0.2, 0.25) is 0 Å². The molecule has 0 aliphatic carbocycles. The van der Waals surface area contributed by atoms with Gasteiger partial charge in [0.15, 0.2) is 0 Å². The second kappa shape index (κ2) is 12.1. The van der Waals surface area contributed by atoms with E-state index in [4.69, 9.17) is 14.8 Å². The van der Waals surface area contributed by atoms with Gasteiger partial charge in [-0.3, -0.25) is 4.57 Å². The molecule has 0 bridgehead atoms. The van der Waals surface area contributed by atoms with Crippen molar-refractivity contribution in [1.29, 1.82) is 0 Å². The Balaban J connectivity index is 1.36. The van der Waals surface area contributed by atoms with Gasteiger partial charge in [-0.15, -0.1) is 0 Å². The van der Waals surface area contributed by atoms with Gasteiger partial charge in [0, 0.05) is 45.5 Å². The van der Waals surface area contributed by atoms with E-state index in [9.17, 15) is 0 Å². The van der Waals surface area contributed by atoms with E-state index < -0.39 is 0 Å². The molecule has 0 saturated carbocycles. The number of hydrogen-bond donors (Lipinski definition) is 0. The lowest BCUT2D eigenvalue weighted by molar-refractivity contribution is 0.468. The van der Waals surface area contributed by atoms with Crippen LogP contribution in [-0.2, 0) is 10.8 Å². The van der Waals surface area contributed by atoms with Crippen molar-refractivity contribution < 1.29 is 4.74 Å². The lowest BCUT2D eigenvalue weighted by atomic mass is 9.77. The smallest absolute Gasteiger partial charge is 0.137 e. The normalized spacial score (nSPS) is 12.2. The molecule has 0 atom stereocenters. The van der Waals surface area contributed by atoms with E-state index in [1.807, 2.05) is 18.3 Å². The Kier molecular flexibility index (Phi) is 7.95. The van der Waals surface area contributed by atoms with E-state index in [1.54, 1.807) is 0 Å². The summed E-state index contributed by atoms with van der Waals surface area (Å²) in [6.07, 6.45) is 3.83. The van der Waals surface area contributed by atoms with Crippen LogP contribution in [0.5, 0.6) is 11.5 Å². The SMILES string of the molecule is CCC(C)(C)c1nn(-c2cccc(Oc3ccc4c5ccccc5n(-c5cc(C)ccn5)c4c3)c2)c(C(C)(C)CC)c1-c1ccccc1. The van der Waals surface area contributed by atoms with Crippen LogP contribution >= 0.6 is 0 Å². The second-order valence-electron chi connectivity index (χ2n) is 14.1. The molecule has 48 heavy (non-hydrogen) atoms. The largest absolute Gasteiger partial charge is 0.457 e. The summed E-state index contributed by atoms with van der Waals surface area (Å²) in [6, 6.07) is 38.1. The Morgan fingerprint density at radius 3 is 2.12 bits per heavy atom. The molecule has 242 valence electrons. The second-order valence-corrected chi connectivity index (χ2v) is 14.1.